The second kappa shape index (κ2) is 4.41. The van der Waals surface area contributed by atoms with Crippen LogP contribution in [-0.4, -0.2) is 5.78 Å². The average molecular weight is 236 g/mol. The van der Waals surface area contributed by atoms with Crippen molar-refractivity contribution in [2.75, 3.05) is 0 Å². The lowest BCUT2D eigenvalue weighted by Crippen LogP contribution is -2.00. The maximum absolute atomic E-state index is 11.9. The molecule has 90 valence electrons. The van der Waals surface area contributed by atoms with Crippen LogP contribution in [0.5, 0.6) is 0 Å². The van der Waals surface area contributed by atoms with Crippen LogP contribution in [0.4, 0.5) is 0 Å². The van der Waals surface area contributed by atoms with Crippen LogP contribution in [0.25, 0.3) is 11.1 Å². The van der Waals surface area contributed by atoms with Gasteiger partial charge in [-0.15, -0.1) is 0 Å². The van der Waals surface area contributed by atoms with E-state index in [9.17, 15) is 4.79 Å². The van der Waals surface area contributed by atoms with Crippen molar-refractivity contribution in [3.63, 3.8) is 0 Å². The van der Waals surface area contributed by atoms with Crippen molar-refractivity contribution in [1.29, 1.82) is 0 Å². The van der Waals surface area contributed by atoms with Crippen molar-refractivity contribution in [2.45, 2.75) is 19.8 Å². The molecule has 18 heavy (non-hydrogen) atoms. The Morgan fingerprint density at radius 1 is 1.00 bits per heavy atom. The number of aryl methyl sites for hydroxylation is 1. The summed E-state index contributed by atoms with van der Waals surface area (Å²) in [6.07, 6.45) is 2.14. The summed E-state index contributed by atoms with van der Waals surface area (Å²) in [5.41, 5.74) is 4.54. The second-order valence-electron chi connectivity index (χ2n) is 5.03. The van der Waals surface area contributed by atoms with E-state index in [1.54, 1.807) is 0 Å². The van der Waals surface area contributed by atoms with E-state index in [0.717, 1.165) is 18.4 Å². The summed E-state index contributed by atoms with van der Waals surface area (Å²) in [5, 5.41) is 0. The lowest BCUT2D eigenvalue weighted by atomic mass is 9.98. The Labute approximate surface area is 107 Å². The summed E-state index contributed by atoms with van der Waals surface area (Å²) in [5.74, 6) is 0.612. The Balaban J connectivity index is 1.91. The Kier molecular flexibility index (Phi) is 2.75. The van der Waals surface area contributed by atoms with E-state index in [2.05, 4.69) is 31.2 Å². The number of Topliss-reactive ketones (excluding diaryl/α,β-unsaturated/α-hetero) is 1. The first-order chi connectivity index (χ1) is 8.75. The quantitative estimate of drug-likeness (QED) is 0.728. The molecule has 2 aromatic rings. The van der Waals surface area contributed by atoms with Gasteiger partial charge in [-0.25, -0.2) is 0 Å². The highest BCUT2D eigenvalue weighted by Crippen LogP contribution is 2.33. The van der Waals surface area contributed by atoms with Gasteiger partial charge in [0.1, 0.15) is 0 Å². The van der Waals surface area contributed by atoms with Crippen molar-refractivity contribution < 1.29 is 4.79 Å². The van der Waals surface area contributed by atoms with Crippen LogP contribution in [0, 0.1) is 12.8 Å². The molecule has 0 atom stereocenters. The maximum atomic E-state index is 11.9. The highest BCUT2D eigenvalue weighted by molar-refractivity contribution is 5.99. The fourth-order valence-corrected chi connectivity index (χ4v) is 2.29. The first kappa shape index (κ1) is 11.2. The van der Waals surface area contributed by atoms with Crippen molar-refractivity contribution in [3.05, 3.63) is 59.7 Å². The van der Waals surface area contributed by atoms with Gasteiger partial charge in [0, 0.05) is 11.5 Å². The number of rotatable bonds is 3. The molecule has 1 nitrogen and oxygen atoms in total. The molecule has 0 N–H and O–H groups in total. The molecule has 1 fully saturated rings. The van der Waals surface area contributed by atoms with Crippen LogP contribution < -0.4 is 0 Å². The number of hydrogen-bond donors (Lipinski definition) is 0. The molecule has 0 heterocycles. The van der Waals surface area contributed by atoms with Crippen LogP contribution in [0.15, 0.2) is 48.5 Å². The monoisotopic (exact) mass is 236 g/mol. The standard InChI is InChI=1S/C17H16O/c1-12-4-2-3-5-16(12)13-6-8-14(9-7-13)17(18)15-10-11-15/h2-9,15H,10-11H2,1H3. The molecule has 0 bridgehead atoms. The minimum Gasteiger partial charge on any atom is -0.294 e. The Bertz CT molecular complexity index is 577. The molecule has 2 aromatic carbocycles. The van der Waals surface area contributed by atoms with Gasteiger partial charge in [-0.1, -0.05) is 48.5 Å². The predicted octanol–water partition coefficient (Wildman–Crippen LogP) is 4.25. The van der Waals surface area contributed by atoms with E-state index in [1.807, 2.05) is 24.3 Å². The van der Waals surface area contributed by atoms with E-state index in [0.29, 0.717) is 11.7 Å². The molecule has 1 aliphatic carbocycles. The highest BCUT2D eigenvalue weighted by atomic mass is 16.1. The fraction of sp³-hybridized carbons (Fsp3) is 0.235. The highest BCUT2D eigenvalue weighted by Gasteiger charge is 2.30. The molecule has 0 spiro atoms. The summed E-state index contributed by atoms with van der Waals surface area (Å²) < 4.78 is 0. The number of carbonyl (C=O) groups excluding carboxylic acids is 1. The topological polar surface area (TPSA) is 17.1 Å². The number of carbonyl (C=O) groups is 1. The molecule has 1 saturated carbocycles. The van der Waals surface area contributed by atoms with Gasteiger partial charge < -0.3 is 0 Å². The third-order valence-corrected chi connectivity index (χ3v) is 3.57. The Hall–Kier alpha value is -1.89. The summed E-state index contributed by atoms with van der Waals surface area (Å²) in [6.45, 7) is 2.11. The van der Waals surface area contributed by atoms with Gasteiger partial charge in [0.2, 0.25) is 0 Å². The van der Waals surface area contributed by atoms with E-state index in [4.69, 9.17) is 0 Å². The van der Waals surface area contributed by atoms with Crippen LogP contribution >= 0.6 is 0 Å². The molecule has 3 rings (SSSR count). The first-order valence-corrected chi connectivity index (χ1v) is 6.46. The smallest absolute Gasteiger partial charge is 0.165 e. The summed E-state index contributed by atoms with van der Waals surface area (Å²) in [6, 6.07) is 16.3. The van der Waals surface area contributed by atoms with Crippen LogP contribution in [0.3, 0.4) is 0 Å². The van der Waals surface area contributed by atoms with Gasteiger partial charge in [-0.3, -0.25) is 4.79 Å². The molecular formula is C17H16O. The molecule has 0 unspecified atom stereocenters. The van der Waals surface area contributed by atoms with E-state index >= 15 is 0 Å². The Morgan fingerprint density at radius 2 is 1.67 bits per heavy atom. The third-order valence-electron chi connectivity index (χ3n) is 3.57. The number of hydrogen-bond acceptors (Lipinski definition) is 1. The van der Waals surface area contributed by atoms with Gasteiger partial charge in [0.05, 0.1) is 0 Å². The zero-order chi connectivity index (χ0) is 12.5. The molecular weight excluding hydrogens is 220 g/mol. The van der Waals surface area contributed by atoms with E-state index in [1.165, 1.54) is 16.7 Å². The van der Waals surface area contributed by atoms with Crippen molar-refractivity contribution in [3.8, 4) is 11.1 Å². The average Bonchev–Trinajstić information content (AvgIpc) is 3.23. The first-order valence-electron chi connectivity index (χ1n) is 6.46. The van der Waals surface area contributed by atoms with Crippen molar-refractivity contribution >= 4 is 5.78 Å². The van der Waals surface area contributed by atoms with Gasteiger partial charge in [-0.2, -0.15) is 0 Å². The maximum Gasteiger partial charge on any atom is 0.165 e. The normalized spacial score (nSPS) is 14.5. The molecule has 1 heteroatoms. The minimum atomic E-state index is 0.300. The number of benzene rings is 2. The minimum absolute atomic E-state index is 0.300. The lowest BCUT2D eigenvalue weighted by Gasteiger charge is -2.06. The molecule has 1 aliphatic rings. The van der Waals surface area contributed by atoms with Gasteiger partial charge >= 0.3 is 0 Å². The predicted molar refractivity (Wildman–Crippen MR) is 73.7 cm³/mol. The van der Waals surface area contributed by atoms with Crippen molar-refractivity contribution in [1.82, 2.24) is 0 Å². The number of ketones is 1. The van der Waals surface area contributed by atoms with Gasteiger partial charge in [0.25, 0.3) is 0 Å². The zero-order valence-corrected chi connectivity index (χ0v) is 10.5. The van der Waals surface area contributed by atoms with Crippen molar-refractivity contribution in [2.24, 2.45) is 5.92 Å². The van der Waals surface area contributed by atoms with Crippen LogP contribution in [0.2, 0.25) is 0 Å². The molecule has 0 aromatic heterocycles. The van der Waals surface area contributed by atoms with E-state index < -0.39 is 0 Å². The third kappa shape index (κ3) is 2.08. The summed E-state index contributed by atoms with van der Waals surface area (Å²) in [7, 11) is 0. The summed E-state index contributed by atoms with van der Waals surface area (Å²) in [4.78, 5) is 11.9. The van der Waals surface area contributed by atoms with Gasteiger partial charge in [-0.05, 0) is 36.5 Å². The molecule has 0 aliphatic heterocycles. The molecule has 0 saturated heterocycles. The lowest BCUT2D eigenvalue weighted by molar-refractivity contribution is 0.0967. The SMILES string of the molecule is Cc1ccccc1-c1ccc(C(=O)C2CC2)cc1. The Morgan fingerprint density at radius 3 is 2.28 bits per heavy atom. The molecule has 0 amide bonds. The zero-order valence-electron chi connectivity index (χ0n) is 10.5. The molecule has 0 radical (unpaired) electrons. The van der Waals surface area contributed by atoms with Gasteiger partial charge in [0.15, 0.2) is 5.78 Å². The summed E-state index contributed by atoms with van der Waals surface area (Å²) >= 11 is 0. The largest absolute Gasteiger partial charge is 0.294 e. The van der Waals surface area contributed by atoms with Crippen LogP contribution in [0.1, 0.15) is 28.8 Å². The fourth-order valence-electron chi connectivity index (χ4n) is 2.29. The van der Waals surface area contributed by atoms with E-state index in [-0.39, 0.29) is 0 Å². The second-order valence-corrected chi connectivity index (χ2v) is 5.03. The van der Waals surface area contributed by atoms with Crippen LogP contribution in [-0.2, 0) is 0 Å².